The molecule has 2 aromatic rings. The molecule has 0 saturated heterocycles. The molecule has 0 amide bonds. The fourth-order valence-corrected chi connectivity index (χ4v) is 3.17. The molecular formula is C18H22N2. The molecule has 0 radical (unpaired) electrons. The molecule has 1 aliphatic carbocycles. The van der Waals surface area contributed by atoms with E-state index in [0.29, 0.717) is 6.04 Å². The van der Waals surface area contributed by atoms with Crippen LogP contribution in [0.5, 0.6) is 0 Å². The van der Waals surface area contributed by atoms with Crippen molar-refractivity contribution < 1.29 is 0 Å². The van der Waals surface area contributed by atoms with Crippen LogP contribution in [-0.2, 0) is 6.42 Å². The van der Waals surface area contributed by atoms with Crippen molar-refractivity contribution in [1.82, 2.24) is 4.90 Å². The number of rotatable bonds is 4. The molecule has 0 saturated carbocycles. The second-order valence-corrected chi connectivity index (χ2v) is 5.70. The van der Waals surface area contributed by atoms with Crippen LogP contribution in [0.3, 0.4) is 0 Å². The summed E-state index contributed by atoms with van der Waals surface area (Å²) in [6.07, 6.45) is 2.12. The van der Waals surface area contributed by atoms with E-state index in [-0.39, 0.29) is 6.04 Å². The lowest BCUT2D eigenvalue weighted by Gasteiger charge is -2.25. The van der Waals surface area contributed by atoms with Gasteiger partial charge in [-0.1, -0.05) is 54.6 Å². The van der Waals surface area contributed by atoms with Crippen LogP contribution < -0.4 is 5.73 Å². The molecule has 2 aromatic carbocycles. The summed E-state index contributed by atoms with van der Waals surface area (Å²) in [4.78, 5) is 2.44. The van der Waals surface area contributed by atoms with Crippen LogP contribution in [0.1, 0.15) is 35.2 Å². The Labute approximate surface area is 121 Å². The smallest absolute Gasteiger partial charge is 0.0366 e. The van der Waals surface area contributed by atoms with Gasteiger partial charge in [-0.05, 0) is 36.6 Å². The number of likely N-dealkylation sites (N-methyl/N-ethyl adjacent to an activating group) is 1. The topological polar surface area (TPSA) is 29.3 Å². The van der Waals surface area contributed by atoms with Crippen molar-refractivity contribution in [3.05, 3.63) is 71.3 Å². The molecule has 0 heterocycles. The Morgan fingerprint density at radius 3 is 2.40 bits per heavy atom. The van der Waals surface area contributed by atoms with Crippen molar-refractivity contribution >= 4 is 0 Å². The minimum atomic E-state index is 0.190. The number of hydrogen-bond donors (Lipinski definition) is 1. The molecule has 2 heteroatoms. The van der Waals surface area contributed by atoms with Crippen molar-refractivity contribution in [3.8, 4) is 0 Å². The minimum Gasteiger partial charge on any atom is -0.324 e. The van der Waals surface area contributed by atoms with Gasteiger partial charge in [0.25, 0.3) is 0 Å². The maximum Gasteiger partial charge on any atom is 0.0366 e. The van der Waals surface area contributed by atoms with Crippen molar-refractivity contribution in [2.24, 2.45) is 5.73 Å². The Morgan fingerprint density at radius 1 is 1.00 bits per heavy atom. The van der Waals surface area contributed by atoms with Gasteiger partial charge in [-0.25, -0.2) is 0 Å². The molecule has 20 heavy (non-hydrogen) atoms. The number of fused-ring (bicyclic) bond motifs is 1. The molecule has 0 spiro atoms. The zero-order chi connectivity index (χ0) is 13.9. The van der Waals surface area contributed by atoms with E-state index in [4.69, 9.17) is 5.73 Å². The Kier molecular flexibility index (Phi) is 3.86. The summed E-state index contributed by atoms with van der Waals surface area (Å²) in [7, 11) is 2.21. The summed E-state index contributed by atoms with van der Waals surface area (Å²) >= 11 is 0. The van der Waals surface area contributed by atoms with Gasteiger partial charge in [-0.3, -0.25) is 4.90 Å². The van der Waals surface area contributed by atoms with Crippen LogP contribution in [0.2, 0.25) is 0 Å². The average Bonchev–Trinajstić information content (AvgIpc) is 2.84. The lowest BCUT2D eigenvalue weighted by molar-refractivity contribution is 0.240. The summed E-state index contributed by atoms with van der Waals surface area (Å²) in [5.74, 6) is 0. The fraction of sp³-hybridized carbons (Fsp3) is 0.333. The molecule has 3 rings (SSSR count). The summed E-state index contributed by atoms with van der Waals surface area (Å²) in [5.41, 5.74) is 10.4. The molecule has 0 bridgehead atoms. The molecule has 0 aliphatic heterocycles. The van der Waals surface area contributed by atoms with Crippen LogP contribution in [0, 0.1) is 0 Å². The first-order chi connectivity index (χ1) is 9.75. The van der Waals surface area contributed by atoms with Gasteiger partial charge in [0.1, 0.15) is 0 Å². The summed E-state index contributed by atoms with van der Waals surface area (Å²) in [6, 6.07) is 19.9. The monoisotopic (exact) mass is 266 g/mol. The highest BCUT2D eigenvalue weighted by Gasteiger charge is 2.30. The quantitative estimate of drug-likeness (QED) is 0.920. The van der Waals surface area contributed by atoms with Gasteiger partial charge < -0.3 is 5.73 Å². The van der Waals surface area contributed by atoms with Gasteiger partial charge in [0.2, 0.25) is 0 Å². The molecule has 1 aliphatic rings. The Balaban J connectivity index is 1.68. The highest BCUT2D eigenvalue weighted by atomic mass is 15.1. The van der Waals surface area contributed by atoms with Crippen molar-refractivity contribution in [2.45, 2.75) is 24.9 Å². The van der Waals surface area contributed by atoms with E-state index < -0.39 is 0 Å². The van der Waals surface area contributed by atoms with Gasteiger partial charge >= 0.3 is 0 Å². The molecule has 0 aromatic heterocycles. The SMILES string of the molecule is CN(CCc1ccccc1)C1CC(N)c2ccccc21. The van der Waals surface area contributed by atoms with Gasteiger partial charge in [0.15, 0.2) is 0 Å². The Bertz CT molecular complexity index is 565. The van der Waals surface area contributed by atoms with E-state index in [1.165, 1.54) is 16.7 Å². The maximum absolute atomic E-state index is 6.26. The van der Waals surface area contributed by atoms with Crippen molar-refractivity contribution in [2.75, 3.05) is 13.6 Å². The van der Waals surface area contributed by atoms with E-state index >= 15 is 0 Å². The Hall–Kier alpha value is -1.64. The van der Waals surface area contributed by atoms with Crippen LogP contribution in [-0.4, -0.2) is 18.5 Å². The van der Waals surface area contributed by atoms with Crippen molar-refractivity contribution in [1.29, 1.82) is 0 Å². The second-order valence-electron chi connectivity index (χ2n) is 5.70. The lowest BCUT2D eigenvalue weighted by atomic mass is 10.1. The van der Waals surface area contributed by atoms with Crippen LogP contribution >= 0.6 is 0 Å². The molecule has 2 unspecified atom stereocenters. The van der Waals surface area contributed by atoms with Crippen LogP contribution in [0.25, 0.3) is 0 Å². The van der Waals surface area contributed by atoms with Crippen LogP contribution in [0.15, 0.2) is 54.6 Å². The first-order valence-corrected chi connectivity index (χ1v) is 7.34. The van der Waals surface area contributed by atoms with Crippen LogP contribution in [0.4, 0.5) is 0 Å². The third kappa shape index (κ3) is 2.62. The van der Waals surface area contributed by atoms with Gasteiger partial charge in [0, 0.05) is 18.6 Å². The molecule has 2 atom stereocenters. The summed E-state index contributed by atoms with van der Waals surface area (Å²) in [5, 5.41) is 0. The first-order valence-electron chi connectivity index (χ1n) is 7.34. The predicted octanol–water partition coefficient (Wildman–Crippen LogP) is 3.31. The standard InChI is InChI=1S/C18H22N2/c1-20(12-11-14-7-3-2-4-8-14)18-13-17(19)15-9-5-6-10-16(15)18/h2-10,17-18H,11-13,19H2,1H3. The number of nitrogens with two attached hydrogens (primary N) is 1. The van der Waals surface area contributed by atoms with E-state index in [0.717, 1.165) is 19.4 Å². The molecule has 2 nitrogen and oxygen atoms in total. The zero-order valence-corrected chi connectivity index (χ0v) is 12.0. The highest BCUT2D eigenvalue weighted by molar-refractivity contribution is 5.37. The molecule has 0 fully saturated rings. The van der Waals surface area contributed by atoms with E-state index in [9.17, 15) is 0 Å². The predicted molar refractivity (Wildman–Crippen MR) is 83.5 cm³/mol. The third-order valence-corrected chi connectivity index (χ3v) is 4.36. The molecular weight excluding hydrogens is 244 g/mol. The zero-order valence-electron chi connectivity index (χ0n) is 12.0. The number of benzene rings is 2. The number of nitrogens with zero attached hydrogens (tertiary/aromatic N) is 1. The second kappa shape index (κ2) is 5.78. The molecule has 104 valence electrons. The lowest BCUT2D eigenvalue weighted by Crippen LogP contribution is -2.25. The van der Waals surface area contributed by atoms with Gasteiger partial charge in [-0.2, -0.15) is 0 Å². The van der Waals surface area contributed by atoms with Gasteiger partial charge in [0.05, 0.1) is 0 Å². The third-order valence-electron chi connectivity index (χ3n) is 4.36. The summed E-state index contributed by atoms with van der Waals surface area (Å²) < 4.78 is 0. The fourth-order valence-electron chi connectivity index (χ4n) is 3.17. The maximum atomic E-state index is 6.26. The first kappa shape index (κ1) is 13.3. The molecule has 2 N–H and O–H groups in total. The number of hydrogen-bond acceptors (Lipinski definition) is 2. The summed E-state index contributed by atoms with van der Waals surface area (Å²) in [6.45, 7) is 1.07. The largest absolute Gasteiger partial charge is 0.324 e. The highest BCUT2D eigenvalue weighted by Crippen LogP contribution is 2.40. The van der Waals surface area contributed by atoms with Gasteiger partial charge in [-0.15, -0.1) is 0 Å². The van der Waals surface area contributed by atoms with Crippen molar-refractivity contribution in [3.63, 3.8) is 0 Å². The van der Waals surface area contributed by atoms with E-state index in [2.05, 4.69) is 66.5 Å². The Morgan fingerprint density at radius 2 is 1.65 bits per heavy atom. The van der Waals surface area contributed by atoms with E-state index in [1.54, 1.807) is 0 Å². The normalized spacial score (nSPS) is 21.1. The van der Waals surface area contributed by atoms with E-state index in [1.807, 2.05) is 0 Å². The minimum absolute atomic E-state index is 0.190. The average molecular weight is 266 g/mol.